The van der Waals surface area contributed by atoms with Crippen LogP contribution in [-0.4, -0.2) is 25.3 Å². The van der Waals surface area contributed by atoms with Crippen molar-refractivity contribution in [2.24, 2.45) is 12.1 Å². The van der Waals surface area contributed by atoms with E-state index in [-0.39, 0.29) is 0 Å². The highest BCUT2D eigenvalue weighted by Gasteiger charge is 2.16. The molecule has 38 heavy (non-hydrogen) atoms. The molecule has 0 aliphatic rings. The predicted molar refractivity (Wildman–Crippen MR) is 161 cm³/mol. The first-order chi connectivity index (χ1) is 18.5. The van der Waals surface area contributed by atoms with Gasteiger partial charge in [0, 0.05) is 18.1 Å². The van der Waals surface area contributed by atoms with Gasteiger partial charge in [0.2, 0.25) is 5.95 Å². The SMILES string of the molecule is CCCCCCCCCCCCCCCCn1c(NN=Cc2ccc(Br)cc2)nc2c1c(=O)[nH]c(=O)n2C. The molecule has 208 valence electrons. The van der Waals surface area contributed by atoms with E-state index in [1.165, 1.54) is 81.6 Å². The maximum Gasteiger partial charge on any atom is 0.329 e. The summed E-state index contributed by atoms with van der Waals surface area (Å²) in [6.07, 6.45) is 19.8. The minimum atomic E-state index is -0.478. The molecule has 0 fully saturated rings. The van der Waals surface area contributed by atoms with E-state index in [1.807, 2.05) is 28.8 Å². The fourth-order valence-corrected chi connectivity index (χ4v) is 4.98. The Morgan fingerprint density at radius 3 is 2.03 bits per heavy atom. The molecule has 1 aromatic carbocycles. The van der Waals surface area contributed by atoms with Crippen molar-refractivity contribution in [2.75, 3.05) is 5.43 Å². The number of benzene rings is 1. The summed E-state index contributed by atoms with van der Waals surface area (Å²) < 4.78 is 4.20. The predicted octanol–water partition coefficient (Wildman–Crippen LogP) is 7.11. The molecule has 0 saturated heterocycles. The standard InChI is InChI=1S/C29H43BrN6O2/c1-3-4-5-6-7-8-9-10-11-12-13-14-15-16-21-36-25-26(35(2)29(38)33-27(25)37)32-28(36)34-31-22-23-17-19-24(30)20-18-23/h17-20,22H,3-16,21H2,1-2H3,(H,32,34)(H,33,37,38). The van der Waals surface area contributed by atoms with Gasteiger partial charge in [0.25, 0.3) is 5.56 Å². The summed E-state index contributed by atoms with van der Waals surface area (Å²) in [7, 11) is 1.61. The van der Waals surface area contributed by atoms with Crippen LogP contribution in [0.5, 0.6) is 0 Å². The second-order valence-corrected chi connectivity index (χ2v) is 11.0. The zero-order chi connectivity index (χ0) is 27.2. The number of aryl methyl sites for hydroxylation is 2. The molecular weight excluding hydrogens is 544 g/mol. The third kappa shape index (κ3) is 9.26. The molecule has 0 bridgehead atoms. The molecule has 0 saturated carbocycles. The number of fused-ring (bicyclic) bond motifs is 1. The number of hydrogen-bond donors (Lipinski definition) is 2. The lowest BCUT2D eigenvalue weighted by Crippen LogP contribution is -2.29. The van der Waals surface area contributed by atoms with Crippen LogP contribution in [0.3, 0.4) is 0 Å². The molecule has 2 N–H and O–H groups in total. The van der Waals surface area contributed by atoms with Crippen molar-refractivity contribution in [2.45, 2.75) is 103 Å². The Hall–Kier alpha value is -2.68. The van der Waals surface area contributed by atoms with E-state index < -0.39 is 11.2 Å². The Kier molecular flexibility index (Phi) is 12.8. The van der Waals surface area contributed by atoms with E-state index in [0.29, 0.717) is 23.7 Å². The van der Waals surface area contributed by atoms with Crippen molar-refractivity contribution < 1.29 is 0 Å². The van der Waals surface area contributed by atoms with Crippen molar-refractivity contribution in [1.29, 1.82) is 0 Å². The zero-order valence-corrected chi connectivity index (χ0v) is 24.6. The van der Waals surface area contributed by atoms with E-state index in [0.717, 1.165) is 22.9 Å². The van der Waals surface area contributed by atoms with Gasteiger partial charge in [0.15, 0.2) is 11.2 Å². The third-order valence-corrected chi connectivity index (χ3v) is 7.52. The Morgan fingerprint density at radius 1 is 0.895 bits per heavy atom. The molecule has 0 radical (unpaired) electrons. The molecule has 0 spiro atoms. The van der Waals surface area contributed by atoms with Gasteiger partial charge in [-0.1, -0.05) is 118 Å². The number of aromatic amines is 1. The quantitative estimate of drug-likeness (QED) is 0.0942. The number of rotatable bonds is 18. The maximum atomic E-state index is 12.7. The Bertz CT molecular complexity index is 1260. The normalized spacial score (nSPS) is 11.7. The number of anilines is 1. The molecule has 3 rings (SSSR count). The minimum Gasteiger partial charge on any atom is -0.303 e. The summed E-state index contributed by atoms with van der Waals surface area (Å²) >= 11 is 3.43. The summed E-state index contributed by atoms with van der Waals surface area (Å²) in [5.41, 5.74) is 3.75. The van der Waals surface area contributed by atoms with E-state index in [1.54, 1.807) is 13.3 Å². The molecule has 8 nitrogen and oxygen atoms in total. The first-order valence-corrected chi connectivity index (χ1v) is 15.0. The van der Waals surface area contributed by atoms with Crippen LogP contribution in [0.15, 0.2) is 43.4 Å². The van der Waals surface area contributed by atoms with Gasteiger partial charge in [-0.2, -0.15) is 10.1 Å². The molecule has 0 unspecified atom stereocenters. The highest BCUT2D eigenvalue weighted by molar-refractivity contribution is 9.10. The van der Waals surface area contributed by atoms with Crippen molar-refractivity contribution in [3.8, 4) is 0 Å². The van der Waals surface area contributed by atoms with Gasteiger partial charge >= 0.3 is 5.69 Å². The van der Waals surface area contributed by atoms with Gasteiger partial charge in [0.05, 0.1) is 6.21 Å². The molecule has 2 heterocycles. The van der Waals surface area contributed by atoms with Crippen LogP contribution in [0, 0.1) is 0 Å². The van der Waals surface area contributed by atoms with Crippen molar-refractivity contribution in [3.05, 3.63) is 55.1 Å². The molecule has 0 aliphatic carbocycles. The molecule has 3 aromatic rings. The van der Waals surface area contributed by atoms with Crippen LogP contribution >= 0.6 is 15.9 Å². The van der Waals surface area contributed by atoms with E-state index in [9.17, 15) is 9.59 Å². The largest absolute Gasteiger partial charge is 0.329 e. The second kappa shape index (κ2) is 16.3. The van der Waals surface area contributed by atoms with Crippen LogP contribution in [0.25, 0.3) is 11.2 Å². The Balaban J connectivity index is 1.48. The summed E-state index contributed by atoms with van der Waals surface area (Å²) in [6, 6.07) is 7.78. The summed E-state index contributed by atoms with van der Waals surface area (Å²) in [4.78, 5) is 31.7. The number of hydrazone groups is 1. The number of imidazole rings is 1. The zero-order valence-electron chi connectivity index (χ0n) is 23.0. The van der Waals surface area contributed by atoms with Gasteiger partial charge in [-0.3, -0.25) is 14.3 Å². The maximum absolute atomic E-state index is 12.7. The van der Waals surface area contributed by atoms with Crippen LogP contribution in [0.4, 0.5) is 5.95 Å². The van der Waals surface area contributed by atoms with Crippen molar-refractivity contribution in [3.63, 3.8) is 0 Å². The number of halogens is 1. The van der Waals surface area contributed by atoms with Gasteiger partial charge < -0.3 is 4.57 Å². The number of aromatic nitrogens is 4. The van der Waals surface area contributed by atoms with E-state index in [2.05, 4.69) is 43.3 Å². The van der Waals surface area contributed by atoms with Crippen molar-refractivity contribution >= 4 is 39.3 Å². The lowest BCUT2D eigenvalue weighted by Gasteiger charge is -2.08. The molecule has 2 aromatic heterocycles. The Labute approximate surface area is 234 Å². The van der Waals surface area contributed by atoms with Crippen LogP contribution < -0.4 is 16.7 Å². The van der Waals surface area contributed by atoms with Crippen LogP contribution in [0.2, 0.25) is 0 Å². The summed E-state index contributed by atoms with van der Waals surface area (Å²) in [5.74, 6) is 0.453. The number of nitrogens with zero attached hydrogens (tertiary/aromatic N) is 4. The molecule has 0 amide bonds. The minimum absolute atomic E-state index is 0.352. The first kappa shape index (κ1) is 29.9. The lowest BCUT2D eigenvalue weighted by atomic mass is 10.0. The third-order valence-electron chi connectivity index (χ3n) is 6.99. The summed E-state index contributed by atoms with van der Waals surface area (Å²) in [6.45, 7) is 2.90. The van der Waals surface area contributed by atoms with Gasteiger partial charge in [-0.25, -0.2) is 10.2 Å². The number of nitrogens with one attached hydrogen (secondary N) is 2. The molecule has 0 atom stereocenters. The smallest absolute Gasteiger partial charge is 0.303 e. The molecule has 0 aliphatic heterocycles. The lowest BCUT2D eigenvalue weighted by molar-refractivity contribution is 0.526. The fraction of sp³-hybridized carbons (Fsp3) is 0.586. The van der Waals surface area contributed by atoms with E-state index in [4.69, 9.17) is 0 Å². The number of unbranched alkanes of at least 4 members (excludes halogenated alkanes) is 13. The highest BCUT2D eigenvalue weighted by Crippen LogP contribution is 2.18. The molecular formula is C29H43BrN6O2. The average molecular weight is 588 g/mol. The van der Waals surface area contributed by atoms with Gasteiger partial charge in [0.1, 0.15) is 0 Å². The summed E-state index contributed by atoms with van der Waals surface area (Å²) in [5, 5.41) is 4.32. The number of H-pyrrole nitrogens is 1. The van der Waals surface area contributed by atoms with Gasteiger partial charge in [-0.15, -0.1) is 0 Å². The fourth-order valence-electron chi connectivity index (χ4n) is 4.72. The second-order valence-electron chi connectivity index (χ2n) is 10.1. The Morgan fingerprint density at radius 2 is 1.45 bits per heavy atom. The number of hydrogen-bond acceptors (Lipinski definition) is 5. The monoisotopic (exact) mass is 586 g/mol. The van der Waals surface area contributed by atoms with Crippen molar-refractivity contribution in [1.82, 2.24) is 19.1 Å². The van der Waals surface area contributed by atoms with Crippen LogP contribution in [0.1, 0.15) is 102 Å². The first-order valence-electron chi connectivity index (χ1n) is 14.3. The molecule has 9 heteroatoms. The highest BCUT2D eigenvalue weighted by atomic mass is 79.9. The average Bonchev–Trinajstić information content (AvgIpc) is 3.27. The van der Waals surface area contributed by atoms with E-state index >= 15 is 0 Å². The van der Waals surface area contributed by atoms with Crippen LogP contribution in [-0.2, 0) is 13.6 Å². The topological polar surface area (TPSA) is 97.1 Å². The van der Waals surface area contributed by atoms with Gasteiger partial charge in [-0.05, 0) is 24.1 Å².